The summed E-state index contributed by atoms with van der Waals surface area (Å²) in [5, 5.41) is 0.219. The summed E-state index contributed by atoms with van der Waals surface area (Å²) in [6, 6.07) is 12.8. The van der Waals surface area contributed by atoms with Crippen LogP contribution >= 0.6 is 11.6 Å². The summed E-state index contributed by atoms with van der Waals surface area (Å²) in [7, 11) is -4.49. The van der Waals surface area contributed by atoms with Gasteiger partial charge in [0.15, 0.2) is 0 Å². The van der Waals surface area contributed by atoms with Crippen LogP contribution in [0.15, 0.2) is 65.6 Å². The van der Waals surface area contributed by atoms with E-state index in [4.69, 9.17) is 17.3 Å². The van der Waals surface area contributed by atoms with Gasteiger partial charge in [-0.1, -0.05) is 35.9 Å². The fourth-order valence-electron chi connectivity index (χ4n) is 6.69. The maximum atomic E-state index is 14.6. The molecule has 1 saturated carbocycles. The van der Waals surface area contributed by atoms with E-state index < -0.39 is 50.0 Å². The molecule has 3 aromatic rings. The van der Waals surface area contributed by atoms with Crippen LogP contribution in [0.5, 0.6) is 0 Å². The van der Waals surface area contributed by atoms with E-state index >= 15 is 0 Å². The van der Waals surface area contributed by atoms with Crippen LogP contribution in [0, 0.1) is 5.82 Å². The molecule has 45 heavy (non-hydrogen) atoms. The minimum Gasteiger partial charge on any atom is -0.368 e. The molecule has 7 nitrogen and oxygen atoms in total. The molecule has 6 rings (SSSR count). The van der Waals surface area contributed by atoms with Crippen LogP contribution in [-0.2, 0) is 21.0 Å². The zero-order chi connectivity index (χ0) is 32.3. The van der Waals surface area contributed by atoms with Crippen LogP contribution in [0.2, 0.25) is 5.02 Å². The van der Waals surface area contributed by atoms with E-state index in [-0.39, 0.29) is 22.8 Å². The molecule has 13 heteroatoms. The Balaban J connectivity index is 1.44. The largest absolute Gasteiger partial charge is 0.416 e. The number of primary amides is 1. The molecule has 1 saturated heterocycles. The van der Waals surface area contributed by atoms with Gasteiger partial charge < -0.3 is 10.6 Å². The molecule has 0 aromatic heterocycles. The van der Waals surface area contributed by atoms with Crippen molar-refractivity contribution in [1.82, 2.24) is 4.90 Å². The Bertz CT molecular complexity index is 1790. The highest BCUT2D eigenvalue weighted by molar-refractivity contribution is 7.92. The van der Waals surface area contributed by atoms with Gasteiger partial charge >= 0.3 is 6.18 Å². The maximum absolute atomic E-state index is 14.6. The molecule has 2 heterocycles. The zero-order valence-corrected chi connectivity index (χ0v) is 25.9. The number of halogens is 5. The topological polar surface area (TPSA) is 87.0 Å². The minimum absolute atomic E-state index is 0.0672. The third kappa shape index (κ3) is 5.46. The van der Waals surface area contributed by atoms with Crippen molar-refractivity contribution in [2.45, 2.75) is 48.8 Å². The third-order valence-corrected chi connectivity index (χ3v) is 11.3. The SMILES string of the molecule is C/C(=C\c1ccc2c(c1)N(S(=O)(=O)c1cccc(C(F)(F)F)c1)CC1CN(C3(C(N)=O)CCC3)CCN21)c1c(F)cccc1Cl. The highest BCUT2D eigenvalue weighted by Crippen LogP contribution is 2.44. The molecule has 0 spiro atoms. The number of anilines is 2. The number of nitrogens with two attached hydrogens (primary N) is 1. The Hall–Kier alpha value is -3.61. The van der Waals surface area contributed by atoms with Crippen molar-refractivity contribution in [1.29, 1.82) is 0 Å². The number of amides is 1. The molecular weight excluding hydrogens is 632 g/mol. The van der Waals surface area contributed by atoms with Crippen LogP contribution in [-0.4, -0.2) is 57.0 Å². The Kier molecular flexibility index (Phi) is 7.90. The number of fused-ring (bicyclic) bond motifs is 3. The summed E-state index contributed by atoms with van der Waals surface area (Å²) in [6.07, 6.45) is -0.948. The average molecular weight is 663 g/mol. The summed E-state index contributed by atoms with van der Waals surface area (Å²) in [5.74, 6) is -0.919. The number of benzene rings is 3. The normalized spacial score (nSPS) is 20.3. The second-order valence-corrected chi connectivity index (χ2v) is 14.0. The Morgan fingerprint density at radius 1 is 1.02 bits per heavy atom. The predicted octanol–water partition coefficient (Wildman–Crippen LogP) is 6.17. The third-order valence-electron chi connectivity index (χ3n) is 9.17. The molecule has 2 fully saturated rings. The molecule has 0 radical (unpaired) electrons. The van der Waals surface area contributed by atoms with Gasteiger partial charge in [-0.05, 0) is 79.8 Å². The molecule has 1 amide bonds. The first-order valence-electron chi connectivity index (χ1n) is 14.5. The number of nitrogens with zero attached hydrogens (tertiary/aromatic N) is 3. The van der Waals surface area contributed by atoms with Crippen molar-refractivity contribution in [2.75, 3.05) is 35.4 Å². The molecular formula is C32H31ClF4N4O3S. The summed E-state index contributed by atoms with van der Waals surface area (Å²) in [6.45, 7) is 2.99. The molecule has 2 N–H and O–H groups in total. The number of carbonyl (C=O) groups is 1. The predicted molar refractivity (Wildman–Crippen MR) is 166 cm³/mol. The molecule has 1 aliphatic carbocycles. The van der Waals surface area contributed by atoms with Gasteiger partial charge in [-0.3, -0.25) is 14.0 Å². The smallest absolute Gasteiger partial charge is 0.368 e. The van der Waals surface area contributed by atoms with E-state index in [0.29, 0.717) is 55.4 Å². The molecule has 3 aliphatic rings. The first-order valence-corrected chi connectivity index (χ1v) is 16.3. The summed E-state index contributed by atoms with van der Waals surface area (Å²) in [4.78, 5) is 16.1. The van der Waals surface area contributed by atoms with E-state index in [1.807, 2.05) is 4.90 Å². The summed E-state index contributed by atoms with van der Waals surface area (Å²) >= 11 is 6.27. The van der Waals surface area contributed by atoms with Gasteiger partial charge in [0.2, 0.25) is 5.91 Å². The lowest BCUT2D eigenvalue weighted by atomic mass is 9.74. The van der Waals surface area contributed by atoms with Gasteiger partial charge in [0, 0.05) is 25.2 Å². The quantitative estimate of drug-likeness (QED) is 0.252. The van der Waals surface area contributed by atoms with E-state index in [1.54, 1.807) is 37.3 Å². The van der Waals surface area contributed by atoms with Crippen molar-refractivity contribution >= 4 is 50.6 Å². The standard InChI is InChI=1S/C32H31ClF4N4O3S/c1-20(29-25(33)7-3-8-26(29)34)15-21-9-10-27-28(16-21)41(45(43,44)24-6-2-5-22(17-24)32(35,36)37)19-23-18-39(13-14-40(23)27)31(30(38)42)11-4-12-31/h2-3,5-10,15-17,23H,4,11-14,18-19H2,1H3,(H2,38,42)/b20-15+. The van der Waals surface area contributed by atoms with Crippen molar-refractivity contribution in [3.63, 3.8) is 0 Å². The molecule has 238 valence electrons. The second-order valence-electron chi connectivity index (χ2n) is 11.8. The van der Waals surface area contributed by atoms with Crippen molar-refractivity contribution in [2.24, 2.45) is 5.73 Å². The number of carbonyl (C=O) groups excluding carboxylic acids is 1. The van der Waals surface area contributed by atoms with Crippen LogP contribution in [0.4, 0.5) is 28.9 Å². The lowest BCUT2D eigenvalue weighted by Gasteiger charge is -2.55. The molecule has 3 aromatic carbocycles. The van der Waals surface area contributed by atoms with Gasteiger partial charge in [-0.2, -0.15) is 13.2 Å². The van der Waals surface area contributed by atoms with Gasteiger partial charge in [0.05, 0.1) is 39.4 Å². The minimum atomic E-state index is -4.73. The molecule has 1 atom stereocenters. The van der Waals surface area contributed by atoms with Gasteiger partial charge in [0.25, 0.3) is 10.0 Å². The van der Waals surface area contributed by atoms with Gasteiger partial charge in [0.1, 0.15) is 11.4 Å². The van der Waals surface area contributed by atoms with Crippen molar-refractivity contribution in [3.05, 3.63) is 88.2 Å². The first kappa shape index (κ1) is 31.4. The zero-order valence-electron chi connectivity index (χ0n) is 24.3. The number of piperazine rings is 1. The van der Waals surface area contributed by atoms with Crippen molar-refractivity contribution < 1.29 is 30.8 Å². The van der Waals surface area contributed by atoms with E-state index in [1.165, 1.54) is 12.1 Å². The number of alkyl halides is 3. The van der Waals surface area contributed by atoms with Crippen LogP contribution < -0.4 is 14.9 Å². The number of hydrogen-bond acceptors (Lipinski definition) is 5. The fourth-order valence-corrected chi connectivity index (χ4v) is 8.56. The van der Waals surface area contributed by atoms with E-state index in [9.17, 15) is 30.8 Å². The number of rotatable bonds is 6. The Morgan fingerprint density at radius 3 is 2.40 bits per heavy atom. The number of sulfonamides is 1. The Labute approximate surface area is 263 Å². The monoisotopic (exact) mass is 662 g/mol. The highest BCUT2D eigenvalue weighted by Gasteiger charge is 2.51. The number of allylic oxidation sites excluding steroid dienone is 1. The van der Waals surface area contributed by atoms with Crippen molar-refractivity contribution in [3.8, 4) is 0 Å². The summed E-state index contributed by atoms with van der Waals surface area (Å²) < 4.78 is 84.9. The van der Waals surface area contributed by atoms with E-state index in [0.717, 1.165) is 28.9 Å². The number of hydrogen-bond donors (Lipinski definition) is 1. The van der Waals surface area contributed by atoms with Crippen LogP contribution in [0.3, 0.4) is 0 Å². The van der Waals surface area contributed by atoms with E-state index in [2.05, 4.69) is 4.90 Å². The second kappa shape index (κ2) is 11.3. The maximum Gasteiger partial charge on any atom is 0.416 e. The first-order chi connectivity index (χ1) is 21.2. The summed E-state index contributed by atoms with van der Waals surface area (Å²) in [5.41, 5.74) is 6.09. The lowest BCUT2D eigenvalue weighted by molar-refractivity contribution is -0.138. The fraction of sp³-hybridized carbons (Fsp3) is 0.344. The lowest BCUT2D eigenvalue weighted by Crippen LogP contribution is -2.70. The van der Waals surface area contributed by atoms with Crippen LogP contribution in [0.25, 0.3) is 11.6 Å². The molecule has 0 bridgehead atoms. The van der Waals surface area contributed by atoms with Crippen LogP contribution in [0.1, 0.15) is 42.9 Å². The van der Waals surface area contributed by atoms with Gasteiger partial charge in [-0.15, -0.1) is 0 Å². The average Bonchev–Trinajstić information content (AvgIpc) is 2.95. The Morgan fingerprint density at radius 2 is 1.76 bits per heavy atom. The van der Waals surface area contributed by atoms with Gasteiger partial charge in [-0.25, -0.2) is 12.8 Å². The highest BCUT2D eigenvalue weighted by atomic mass is 35.5. The molecule has 2 aliphatic heterocycles. The molecule has 1 unspecified atom stereocenters.